The number of aromatic nitrogens is 2. The Balaban J connectivity index is 0.00000267. The van der Waals surface area contributed by atoms with Crippen molar-refractivity contribution in [2.24, 2.45) is 17.3 Å². The molecule has 5 heterocycles. The van der Waals surface area contributed by atoms with Crippen molar-refractivity contribution >= 4 is 51.7 Å². The maximum absolute atomic E-state index is 13.5. The standard InChI is InChI=1S/C26H26N4O4S.ClH/c1-14-4-6-28-21(18(14)23(31)29-8-10-34-11-9-29)16-5-7-27-17-12-15(35-22(16)17)13-30-24(32)19-20(25(30)33)26(19,2)3;/h4-7,12,19-20H,8-11,13H2,1-3H3;1H. The van der Waals surface area contributed by atoms with Crippen molar-refractivity contribution in [2.75, 3.05) is 26.3 Å². The van der Waals surface area contributed by atoms with E-state index < -0.39 is 0 Å². The second-order valence-corrected chi connectivity index (χ2v) is 11.2. The number of ether oxygens (including phenoxy) is 1. The fourth-order valence-electron chi connectivity index (χ4n) is 5.52. The molecule has 36 heavy (non-hydrogen) atoms. The summed E-state index contributed by atoms with van der Waals surface area (Å²) >= 11 is 1.49. The summed E-state index contributed by atoms with van der Waals surface area (Å²) in [6.45, 7) is 8.31. The largest absolute Gasteiger partial charge is 0.378 e. The van der Waals surface area contributed by atoms with E-state index in [9.17, 15) is 14.4 Å². The van der Waals surface area contributed by atoms with Gasteiger partial charge in [0.2, 0.25) is 11.8 Å². The highest BCUT2D eigenvalue weighted by molar-refractivity contribution is 7.19. The van der Waals surface area contributed by atoms with E-state index in [-0.39, 0.29) is 53.9 Å². The van der Waals surface area contributed by atoms with Crippen LogP contribution in [0.2, 0.25) is 0 Å². The number of thiophene rings is 1. The van der Waals surface area contributed by atoms with Gasteiger partial charge in [0.05, 0.1) is 53.1 Å². The van der Waals surface area contributed by atoms with Crippen LogP contribution in [-0.4, -0.2) is 63.8 Å². The third-order valence-corrected chi connectivity index (χ3v) is 8.74. The van der Waals surface area contributed by atoms with Crippen molar-refractivity contribution in [3.05, 3.63) is 46.6 Å². The van der Waals surface area contributed by atoms with Crippen molar-refractivity contribution in [3.8, 4) is 11.3 Å². The lowest BCUT2D eigenvalue weighted by Gasteiger charge is -2.28. The highest BCUT2D eigenvalue weighted by atomic mass is 35.5. The fraction of sp³-hybridized carbons (Fsp3) is 0.423. The first kappa shape index (κ1) is 24.8. The molecule has 0 aromatic carbocycles. The number of nitrogens with zero attached hydrogens (tertiary/aromatic N) is 4. The molecule has 3 aliphatic rings. The van der Waals surface area contributed by atoms with Crippen LogP contribution in [0.15, 0.2) is 30.6 Å². The Morgan fingerprint density at radius 1 is 1.11 bits per heavy atom. The lowest BCUT2D eigenvalue weighted by Crippen LogP contribution is -2.41. The minimum absolute atomic E-state index is 0. The van der Waals surface area contributed by atoms with Gasteiger partial charge in [0, 0.05) is 35.9 Å². The van der Waals surface area contributed by atoms with E-state index in [0.29, 0.717) is 37.6 Å². The molecule has 0 bridgehead atoms. The molecule has 0 radical (unpaired) electrons. The molecule has 2 atom stereocenters. The van der Waals surface area contributed by atoms with Crippen LogP contribution in [0.3, 0.4) is 0 Å². The Morgan fingerprint density at radius 2 is 1.78 bits per heavy atom. The number of likely N-dealkylation sites (tertiary alicyclic amines) is 1. The molecular formula is C26H27ClN4O4S. The molecule has 1 saturated carbocycles. The summed E-state index contributed by atoms with van der Waals surface area (Å²) in [7, 11) is 0. The molecule has 1 aliphatic carbocycles. The number of imide groups is 1. The Hall–Kier alpha value is -2.88. The Labute approximate surface area is 219 Å². The maximum atomic E-state index is 13.5. The summed E-state index contributed by atoms with van der Waals surface area (Å²) < 4.78 is 6.30. The van der Waals surface area contributed by atoms with Crippen LogP contribution < -0.4 is 0 Å². The monoisotopic (exact) mass is 526 g/mol. The van der Waals surface area contributed by atoms with Gasteiger partial charge in [-0.2, -0.15) is 0 Å². The molecule has 188 valence electrons. The lowest BCUT2D eigenvalue weighted by atomic mass is 10.0. The Morgan fingerprint density at radius 3 is 2.47 bits per heavy atom. The number of carbonyl (C=O) groups excluding carboxylic acids is 3. The molecular weight excluding hydrogens is 500 g/mol. The Bertz CT molecular complexity index is 1370. The molecule has 2 aliphatic heterocycles. The minimum Gasteiger partial charge on any atom is -0.378 e. The van der Waals surface area contributed by atoms with Crippen molar-refractivity contribution < 1.29 is 19.1 Å². The summed E-state index contributed by atoms with van der Waals surface area (Å²) in [5.41, 5.74) is 3.44. The average molecular weight is 527 g/mol. The van der Waals surface area contributed by atoms with Gasteiger partial charge in [0.15, 0.2) is 0 Å². The third kappa shape index (κ3) is 3.72. The van der Waals surface area contributed by atoms with Crippen molar-refractivity contribution in [3.63, 3.8) is 0 Å². The van der Waals surface area contributed by atoms with Gasteiger partial charge in [-0.15, -0.1) is 23.7 Å². The van der Waals surface area contributed by atoms with Crippen LogP contribution in [-0.2, 0) is 20.9 Å². The zero-order valence-corrected chi connectivity index (χ0v) is 21.9. The van der Waals surface area contributed by atoms with E-state index in [4.69, 9.17) is 4.74 Å². The van der Waals surface area contributed by atoms with Crippen LogP contribution in [0.5, 0.6) is 0 Å². The minimum atomic E-state index is -0.222. The van der Waals surface area contributed by atoms with E-state index in [1.54, 1.807) is 12.4 Å². The number of halogens is 1. The predicted octanol–water partition coefficient (Wildman–Crippen LogP) is 3.70. The topological polar surface area (TPSA) is 92.7 Å². The zero-order chi connectivity index (χ0) is 24.5. The molecule has 8 nitrogen and oxygen atoms in total. The van der Waals surface area contributed by atoms with Crippen molar-refractivity contribution in [2.45, 2.75) is 27.3 Å². The summed E-state index contributed by atoms with van der Waals surface area (Å²) in [5.74, 6) is -0.582. The average Bonchev–Trinajstić information content (AvgIpc) is 3.10. The number of hydrogen-bond donors (Lipinski definition) is 0. The van der Waals surface area contributed by atoms with E-state index in [1.165, 1.54) is 16.2 Å². The highest BCUT2D eigenvalue weighted by Crippen LogP contribution is 2.63. The molecule has 3 amide bonds. The SMILES string of the molecule is Cc1ccnc(-c2ccnc3cc(CN4C(=O)C5C(C4=O)C5(C)C)sc23)c1C(=O)N1CCOCC1.Cl. The van der Waals surface area contributed by atoms with E-state index in [2.05, 4.69) is 9.97 Å². The van der Waals surface area contributed by atoms with Crippen LogP contribution in [0, 0.1) is 24.2 Å². The van der Waals surface area contributed by atoms with Gasteiger partial charge in [-0.05, 0) is 36.1 Å². The number of rotatable bonds is 4. The number of morpholine rings is 1. The molecule has 6 rings (SSSR count). The second kappa shape index (κ2) is 8.90. The van der Waals surface area contributed by atoms with Gasteiger partial charge in [-0.25, -0.2) is 0 Å². The van der Waals surface area contributed by atoms with E-state index in [1.807, 2.05) is 43.9 Å². The van der Waals surface area contributed by atoms with Gasteiger partial charge < -0.3 is 9.64 Å². The number of amides is 3. The molecule has 3 fully saturated rings. The maximum Gasteiger partial charge on any atom is 0.256 e. The summed E-state index contributed by atoms with van der Waals surface area (Å²) in [4.78, 5) is 52.4. The van der Waals surface area contributed by atoms with E-state index >= 15 is 0 Å². The van der Waals surface area contributed by atoms with E-state index in [0.717, 1.165) is 26.2 Å². The number of piperidine rings is 1. The zero-order valence-electron chi connectivity index (χ0n) is 20.3. The van der Waals surface area contributed by atoms with Gasteiger partial charge in [-0.3, -0.25) is 29.3 Å². The second-order valence-electron chi connectivity index (χ2n) is 10.1. The van der Waals surface area contributed by atoms with Crippen molar-refractivity contribution in [1.82, 2.24) is 19.8 Å². The summed E-state index contributed by atoms with van der Waals surface area (Å²) in [6.07, 6.45) is 3.43. The molecule has 2 saturated heterocycles. The van der Waals surface area contributed by atoms with Crippen LogP contribution in [0.25, 0.3) is 21.5 Å². The van der Waals surface area contributed by atoms with Gasteiger partial charge in [0.25, 0.3) is 5.91 Å². The smallest absolute Gasteiger partial charge is 0.256 e. The molecule has 10 heteroatoms. The number of fused-ring (bicyclic) bond motifs is 2. The number of pyridine rings is 2. The first-order valence-corrected chi connectivity index (χ1v) is 12.7. The summed E-state index contributed by atoms with van der Waals surface area (Å²) in [6, 6.07) is 5.66. The summed E-state index contributed by atoms with van der Waals surface area (Å²) in [5, 5.41) is 0. The normalized spacial score (nSPS) is 22.5. The first-order chi connectivity index (χ1) is 16.8. The van der Waals surface area contributed by atoms with Crippen LogP contribution in [0.4, 0.5) is 0 Å². The predicted molar refractivity (Wildman–Crippen MR) is 138 cm³/mol. The van der Waals surface area contributed by atoms with Gasteiger partial charge in [-0.1, -0.05) is 13.8 Å². The molecule has 0 N–H and O–H groups in total. The van der Waals surface area contributed by atoms with Crippen LogP contribution >= 0.6 is 23.7 Å². The first-order valence-electron chi connectivity index (χ1n) is 11.8. The fourth-order valence-corrected chi connectivity index (χ4v) is 6.64. The molecule has 3 aromatic rings. The third-order valence-electron chi connectivity index (χ3n) is 7.60. The van der Waals surface area contributed by atoms with Gasteiger partial charge >= 0.3 is 0 Å². The number of hydrogen-bond acceptors (Lipinski definition) is 7. The molecule has 0 spiro atoms. The highest BCUT2D eigenvalue weighted by Gasteiger charge is 2.72. The quantitative estimate of drug-likeness (QED) is 0.481. The van der Waals surface area contributed by atoms with Crippen molar-refractivity contribution in [1.29, 1.82) is 0 Å². The molecule has 2 unspecified atom stereocenters. The Kier molecular flexibility index (Phi) is 6.13. The number of aryl methyl sites for hydroxylation is 1. The molecule has 3 aromatic heterocycles. The lowest BCUT2D eigenvalue weighted by molar-refractivity contribution is -0.143. The number of carbonyl (C=O) groups is 3. The van der Waals surface area contributed by atoms with Crippen LogP contribution in [0.1, 0.15) is 34.6 Å². The van der Waals surface area contributed by atoms with Gasteiger partial charge in [0.1, 0.15) is 0 Å².